The summed E-state index contributed by atoms with van der Waals surface area (Å²) in [6, 6.07) is 5.10. The second-order valence-corrected chi connectivity index (χ2v) is 6.62. The molecule has 1 rings (SSSR count). The van der Waals surface area contributed by atoms with Gasteiger partial charge in [0.1, 0.15) is 6.04 Å². The van der Waals surface area contributed by atoms with Crippen LogP contribution in [0.15, 0.2) is 29.2 Å². The maximum atomic E-state index is 12.3. The SMILES string of the molecule is CC[C@H](C)[C@H](NS(=O)(=O)c1cccc(COC)c1)C(=O)O. The Morgan fingerprint density at radius 1 is 1.43 bits per heavy atom. The van der Waals surface area contributed by atoms with E-state index in [-0.39, 0.29) is 17.4 Å². The normalized spacial score (nSPS) is 14.6. The number of carboxylic acids is 1. The van der Waals surface area contributed by atoms with Crippen molar-refractivity contribution in [2.75, 3.05) is 7.11 Å². The summed E-state index contributed by atoms with van der Waals surface area (Å²) in [6.07, 6.45) is 0.559. The van der Waals surface area contributed by atoms with E-state index in [0.29, 0.717) is 12.0 Å². The molecule has 0 aliphatic carbocycles. The van der Waals surface area contributed by atoms with E-state index in [9.17, 15) is 18.3 Å². The Kier molecular flexibility index (Phi) is 6.32. The number of methoxy groups -OCH3 is 1. The summed E-state index contributed by atoms with van der Waals surface area (Å²) in [5.74, 6) is -1.49. The molecule has 1 aromatic rings. The van der Waals surface area contributed by atoms with Gasteiger partial charge in [0.05, 0.1) is 11.5 Å². The molecule has 6 nitrogen and oxygen atoms in total. The molecule has 0 saturated carbocycles. The topological polar surface area (TPSA) is 92.7 Å². The van der Waals surface area contributed by atoms with Crippen molar-refractivity contribution in [1.29, 1.82) is 0 Å². The van der Waals surface area contributed by atoms with E-state index >= 15 is 0 Å². The van der Waals surface area contributed by atoms with Gasteiger partial charge in [-0.3, -0.25) is 4.79 Å². The van der Waals surface area contributed by atoms with Gasteiger partial charge in [0.2, 0.25) is 10.0 Å². The zero-order valence-corrected chi connectivity index (χ0v) is 13.2. The summed E-state index contributed by atoms with van der Waals surface area (Å²) >= 11 is 0. The molecule has 0 spiro atoms. The molecular weight excluding hydrogens is 294 g/mol. The minimum absolute atomic E-state index is 0.0339. The number of benzene rings is 1. The van der Waals surface area contributed by atoms with Gasteiger partial charge in [0.25, 0.3) is 0 Å². The Labute approximate surface area is 125 Å². The van der Waals surface area contributed by atoms with Gasteiger partial charge in [-0.1, -0.05) is 32.4 Å². The number of rotatable bonds is 8. The molecule has 0 unspecified atom stereocenters. The van der Waals surface area contributed by atoms with Crippen LogP contribution >= 0.6 is 0 Å². The third-order valence-electron chi connectivity index (χ3n) is 3.28. The predicted octanol–water partition coefficient (Wildman–Crippen LogP) is 1.61. The smallest absolute Gasteiger partial charge is 0.322 e. The molecule has 0 fully saturated rings. The van der Waals surface area contributed by atoms with Crippen LogP contribution in [-0.2, 0) is 26.2 Å². The van der Waals surface area contributed by atoms with Crippen LogP contribution in [0, 0.1) is 5.92 Å². The predicted molar refractivity (Wildman–Crippen MR) is 78.4 cm³/mol. The highest BCUT2D eigenvalue weighted by atomic mass is 32.2. The highest BCUT2D eigenvalue weighted by Gasteiger charge is 2.29. The first kappa shape index (κ1) is 17.6. The number of hydrogen-bond donors (Lipinski definition) is 2. The number of sulfonamides is 1. The van der Waals surface area contributed by atoms with E-state index in [2.05, 4.69) is 4.72 Å². The van der Waals surface area contributed by atoms with Gasteiger partial charge >= 0.3 is 5.97 Å². The van der Waals surface area contributed by atoms with Crippen LogP contribution in [0.1, 0.15) is 25.8 Å². The summed E-state index contributed by atoms with van der Waals surface area (Å²) in [6.45, 7) is 3.80. The molecule has 0 aliphatic rings. The molecule has 0 radical (unpaired) electrons. The third kappa shape index (κ3) is 4.80. The number of carboxylic acid groups (broad SMARTS) is 1. The quantitative estimate of drug-likeness (QED) is 0.760. The van der Waals surface area contributed by atoms with E-state index in [1.54, 1.807) is 19.1 Å². The van der Waals surface area contributed by atoms with Crippen molar-refractivity contribution < 1.29 is 23.1 Å². The van der Waals surface area contributed by atoms with Gasteiger partial charge in [0.15, 0.2) is 0 Å². The fraction of sp³-hybridized carbons (Fsp3) is 0.500. The second-order valence-electron chi connectivity index (χ2n) is 4.90. The lowest BCUT2D eigenvalue weighted by Gasteiger charge is -2.20. The first-order valence-electron chi connectivity index (χ1n) is 6.64. The molecule has 0 heterocycles. The summed E-state index contributed by atoms with van der Waals surface area (Å²) < 4.78 is 31.8. The van der Waals surface area contributed by atoms with E-state index in [1.807, 2.05) is 6.92 Å². The summed E-state index contributed by atoms with van der Waals surface area (Å²) in [4.78, 5) is 11.3. The van der Waals surface area contributed by atoms with Gasteiger partial charge in [0, 0.05) is 7.11 Å². The Hall–Kier alpha value is -1.44. The average Bonchev–Trinajstić information content (AvgIpc) is 2.44. The highest BCUT2D eigenvalue weighted by Crippen LogP contribution is 2.16. The van der Waals surface area contributed by atoms with Gasteiger partial charge in [-0.15, -0.1) is 0 Å². The van der Waals surface area contributed by atoms with Crippen molar-refractivity contribution >= 4 is 16.0 Å². The Morgan fingerprint density at radius 3 is 2.62 bits per heavy atom. The number of aliphatic carboxylic acids is 1. The summed E-state index contributed by atoms with van der Waals surface area (Å²) in [7, 11) is -2.37. The molecule has 7 heteroatoms. The standard InChI is InChI=1S/C14H21NO5S/c1-4-10(2)13(14(16)17)15-21(18,19)12-7-5-6-11(8-12)9-20-3/h5-8,10,13,15H,4,9H2,1-3H3,(H,16,17)/t10-,13-/m0/s1. The van der Waals surface area contributed by atoms with Crippen LogP contribution < -0.4 is 4.72 Å². The minimum atomic E-state index is -3.89. The first-order valence-corrected chi connectivity index (χ1v) is 8.13. The van der Waals surface area contributed by atoms with Crippen LogP contribution in [0.25, 0.3) is 0 Å². The van der Waals surface area contributed by atoms with E-state index in [0.717, 1.165) is 0 Å². The molecule has 0 amide bonds. The lowest BCUT2D eigenvalue weighted by molar-refractivity contribution is -0.140. The molecule has 1 aromatic carbocycles. The number of nitrogens with one attached hydrogen (secondary N) is 1. The highest BCUT2D eigenvalue weighted by molar-refractivity contribution is 7.89. The zero-order chi connectivity index (χ0) is 16.0. The van der Waals surface area contributed by atoms with Gasteiger partial charge in [-0.25, -0.2) is 8.42 Å². The zero-order valence-electron chi connectivity index (χ0n) is 12.4. The molecule has 0 saturated heterocycles. The van der Waals surface area contributed by atoms with Crippen molar-refractivity contribution in [2.24, 2.45) is 5.92 Å². The van der Waals surface area contributed by atoms with Crippen LogP contribution in [0.3, 0.4) is 0 Å². The largest absolute Gasteiger partial charge is 0.480 e. The van der Waals surface area contributed by atoms with Crippen LogP contribution in [0.5, 0.6) is 0 Å². The summed E-state index contributed by atoms with van der Waals surface area (Å²) in [5, 5.41) is 9.18. The van der Waals surface area contributed by atoms with E-state index < -0.39 is 22.0 Å². The van der Waals surface area contributed by atoms with Crippen molar-refractivity contribution in [3.8, 4) is 0 Å². The number of carbonyl (C=O) groups is 1. The maximum absolute atomic E-state index is 12.3. The fourth-order valence-corrected chi connectivity index (χ4v) is 3.22. The monoisotopic (exact) mass is 315 g/mol. The van der Waals surface area contributed by atoms with Crippen molar-refractivity contribution in [1.82, 2.24) is 4.72 Å². The number of hydrogen-bond acceptors (Lipinski definition) is 4. The molecular formula is C14H21NO5S. The Morgan fingerprint density at radius 2 is 2.10 bits per heavy atom. The molecule has 2 atom stereocenters. The summed E-state index contributed by atoms with van der Waals surface area (Å²) in [5.41, 5.74) is 0.704. The Balaban J connectivity index is 3.04. The molecule has 2 N–H and O–H groups in total. The maximum Gasteiger partial charge on any atom is 0.322 e. The van der Waals surface area contributed by atoms with E-state index in [4.69, 9.17) is 4.74 Å². The van der Waals surface area contributed by atoms with Gasteiger partial charge < -0.3 is 9.84 Å². The Bertz CT molecular complexity index is 585. The molecule has 21 heavy (non-hydrogen) atoms. The van der Waals surface area contributed by atoms with Crippen LogP contribution in [-0.4, -0.2) is 32.6 Å². The van der Waals surface area contributed by atoms with Crippen molar-refractivity contribution in [3.05, 3.63) is 29.8 Å². The lowest BCUT2D eigenvalue weighted by atomic mass is 10.0. The van der Waals surface area contributed by atoms with Crippen molar-refractivity contribution in [2.45, 2.75) is 37.8 Å². The molecule has 118 valence electrons. The second kappa shape index (κ2) is 7.53. The minimum Gasteiger partial charge on any atom is -0.480 e. The molecule has 0 aromatic heterocycles. The third-order valence-corrected chi connectivity index (χ3v) is 4.72. The van der Waals surface area contributed by atoms with E-state index in [1.165, 1.54) is 19.2 Å². The molecule has 0 bridgehead atoms. The van der Waals surface area contributed by atoms with Crippen LogP contribution in [0.4, 0.5) is 0 Å². The van der Waals surface area contributed by atoms with Crippen LogP contribution in [0.2, 0.25) is 0 Å². The van der Waals surface area contributed by atoms with Gasteiger partial charge in [-0.2, -0.15) is 4.72 Å². The first-order chi connectivity index (χ1) is 9.81. The average molecular weight is 315 g/mol. The molecule has 0 aliphatic heterocycles. The lowest BCUT2D eigenvalue weighted by Crippen LogP contribution is -2.44. The van der Waals surface area contributed by atoms with Gasteiger partial charge in [-0.05, 0) is 23.6 Å². The van der Waals surface area contributed by atoms with Crippen molar-refractivity contribution in [3.63, 3.8) is 0 Å². The fourth-order valence-electron chi connectivity index (χ4n) is 1.85. The number of ether oxygens (including phenoxy) is 1.